The van der Waals surface area contributed by atoms with Crippen LogP contribution in [0.5, 0.6) is 0 Å². The summed E-state index contributed by atoms with van der Waals surface area (Å²) in [4.78, 5) is 4.81. The van der Waals surface area contributed by atoms with E-state index in [1.165, 1.54) is 105 Å². The average molecular weight is 1450 g/mol. The van der Waals surface area contributed by atoms with Crippen molar-refractivity contribution in [2.75, 3.05) is 9.80 Å². The summed E-state index contributed by atoms with van der Waals surface area (Å²) in [6.45, 7) is 0. The van der Waals surface area contributed by atoms with Crippen molar-refractivity contribution >= 4 is 172 Å². The molecular weight excluding hydrogens is 1390 g/mol. The summed E-state index contributed by atoms with van der Waals surface area (Å²) in [5.74, 6) is 0. The highest BCUT2D eigenvalue weighted by Gasteiger charge is 2.23. The topological polar surface area (TPSA) is 19.6 Å². The van der Waals surface area contributed by atoms with Crippen molar-refractivity contribution in [1.82, 2.24) is 0 Å². The number of fused-ring (bicyclic) bond motifs is 14. The normalized spacial score (nSPS) is 11.8. The molecule has 0 aliphatic rings. The summed E-state index contributed by atoms with van der Waals surface area (Å²) in [6.07, 6.45) is 0. The zero-order chi connectivity index (χ0) is 72.3. The molecule has 0 fully saturated rings. The number of thiophene rings is 3. The number of hydrogen-bond acceptors (Lipinski definition) is 6. The van der Waals surface area contributed by atoms with Crippen molar-refractivity contribution in [1.29, 1.82) is 0 Å². The van der Waals surface area contributed by atoms with Gasteiger partial charge in [0.2, 0.25) is 0 Å². The fraction of sp³-hybridized carbons (Fsp3) is 0. The van der Waals surface area contributed by atoms with Crippen LogP contribution >= 0.6 is 34.0 Å². The van der Waals surface area contributed by atoms with E-state index in [9.17, 15) is 0 Å². The number of anilines is 6. The van der Waals surface area contributed by atoms with Gasteiger partial charge in [0, 0.05) is 111 Å². The molecule has 0 radical (unpaired) electrons. The Labute approximate surface area is 647 Å². The van der Waals surface area contributed by atoms with Gasteiger partial charge in [-0.3, -0.25) is 0 Å². The first-order valence-electron chi connectivity index (χ1n) is 37.4. The second-order valence-corrected chi connectivity index (χ2v) is 31.9. The first-order chi connectivity index (χ1) is 54.4. The van der Waals surface area contributed by atoms with E-state index in [0.717, 1.165) is 111 Å². The van der Waals surface area contributed by atoms with Crippen molar-refractivity contribution in [2.45, 2.75) is 0 Å². The van der Waals surface area contributed by atoms with E-state index in [0.29, 0.717) is 0 Å². The molecule has 0 saturated carbocycles. The van der Waals surface area contributed by atoms with Crippen molar-refractivity contribution in [2.24, 2.45) is 0 Å². The predicted octanol–water partition coefficient (Wildman–Crippen LogP) is 31.6. The van der Waals surface area contributed by atoms with Gasteiger partial charge in [0.25, 0.3) is 0 Å². The highest BCUT2D eigenvalue weighted by molar-refractivity contribution is 7.26. The highest BCUT2D eigenvalue weighted by atomic mass is 32.1. The molecule has 0 saturated heterocycles. The molecule has 0 atom stereocenters. The van der Waals surface area contributed by atoms with Gasteiger partial charge < -0.3 is 14.2 Å². The van der Waals surface area contributed by atoms with Crippen LogP contribution in [0.4, 0.5) is 34.1 Å². The molecule has 4 aromatic heterocycles. The fourth-order valence-corrected chi connectivity index (χ4v) is 20.2. The van der Waals surface area contributed by atoms with Crippen LogP contribution in [0, 0.1) is 0 Å². The minimum atomic E-state index is 0.860. The average Bonchev–Trinajstić information content (AvgIpc) is 1.56. The highest BCUT2D eigenvalue weighted by Crippen LogP contribution is 2.48. The maximum Gasteiger partial charge on any atom is 0.143 e. The third-order valence-electron chi connectivity index (χ3n) is 22.2. The lowest BCUT2D eigenvalue weighted by Crippen LogP contribution is -2.10. The van der Waals surface area contributed by atoms with E-state index >= 15 is 0 Å². The van der Waals surface area contributed by atoms with Crippen LogP contribution in [0.15, 0.2) is 393 Å². The van der Waals surface area contributed by atoms with Gasteiger partial charge in [-0.15, -0.1) is 34.0 Å². The van der Waals surface area contributed by atoms with Crippen LogP contribution in [0.2, 0.25) is 0 Å². The van der Waals surface area contributed by atoms with E-state index in [2.05, 4.69) is 398 Å². The Morgan fingerprint density at radius 1 is 0.182 bits per heavy atom. The van der Waals surface area contributed by atoms with Gasteiger partial charge in [-0.05, 0) is 233 Å². The summed E-state index contributed by atoms with van der Waals surface area (Å²) in [6, 6.07) is 143. The maximum atomic E-state index is 7.01. The molecule has 0 unspecified atom stereocenters. The van der Waals surface area contributed by atoms with Crippen molar-refractivity contribution in [3.63, 3.8) is 0 Å². The van der Waals surface area contributed by atoms with E-state index in [-0.39, 0.29) is 0 Å². The van der Waals surface area contributed by atoms with Crippen LogP contribution in [0.3, 0.4) is 0 Å². The molecule has 0 aliphatic carbocycles. The van der Waals surface area contributed by atoms with Crippen LogP contribution in [-0.2, 0) is 0 Å². The van der Waals surface area contributed by atoms with Crippen molar-refractivity contribution < 1.29 is 4.42 Å². The number of benzene rings is 18. The van der Waals surface area contributed by atoms with Gasteiger partial charge in [-0.1, -0.05) is 249 Å². The first kappa shape index (κ1) is 63.8. The van der Waals surface area contributed by atoms with E-state index in [1.54, 1.807) is 0 Å². The minimum absolute atomic E-state index is 0.860. The smallest absolute Gasteiger partial charge is 0.143 e. The van der Waals surface area contributed by atoms with Crippen LogP contribution in [-0.4, -0.2) is 0 Å². The molecule has 3 nitrogen and oxygen atoms in total. The van der Waals surface area contributed by atoms with Gasteiger partial charge in [0.05, 0.1) is 0 Å². The SMILES string of the molecule is c1cc(-c2ccc3ccccc3c2)cc(N(c2ccc(-c3ccc(-c4ccc5cc(-c6cccc(N(c7ccc(-c8ccc9c(c8)sc8ccccc89)cc7)c7cccc(-c8ccc9c(c8)sc8ccccc89)c7)c6)ccc5c4)c4oc5ccccc5c34)cc2)c2cccc(-c3ccc4c(c3)sc3ccccc34)c2)c1. The summed E-state index contributed by atoms with van der Waals surface area (Å²) in [5.41, 5.74) is 24.3. The lowest BCUT2D eigenvalue weighted by molar-refractivity contribution is 0.670. The molecule has 0 aliphatic heterocycles. The third kappa shape index (κ3) is 11.1. The minimum Gasteiger partial charge on any atom is -0.455 e. The molecule has 22 rings (SSSR count). The Morgan fingerprint density at radius 2 is 0.509 bits per heavy atom. The molecule has 110 heavy (non-hydrogen) atoms. The largest absolute Gasteiger partial charge is 0.455 e. The van der Waals surface area contributed by atoms with E-state index in [4.69, 9.17) is 4.42 Å². The zero-order valence-electron chi connectivity index (χ0n) is 59.5. The zero-order valence-corrected chi connectivity index (χ0v) is 61.9. The molecule has 4 heterocycles. The number of hydrogen-bond donors (Lipinski definition) is 0. The standard InChI is InChI=1S/C104H64N2OS3/c1-2-16-68-55-73(34-33-65(68)15-1)69-17-11-22-84(58-69)106(86-24-14-20-72(61-86)79-45-52-94-91-27-6-10-32-99(91)110-102(94)64-79)82-48-41-67(42-49-82)87-53-54-88(104-103(87)95-28-3-7-29-96(95)107-104)80-38-37-75-56-74(35-36-76(75)57-80)70-18-12-21-83(59-70)105(81-46-39-66(40-47-81)77-43-50-92-89-25-4-8-30-97(89)108-100(92)62-77)85-23-13-19-71(60-85)78-44-51-93-90-26-5-9-31-98(90)109-101(93)63-78/h1-64H. The summed E-state index contributed by atoms with van der Waals surface area (Å²) in [7, 11) is 0. The Balaban J connectivity index is 0.596. The quantitative estimate of drug-likeness (QED) is 0.115. The molecule has 0 bridgehead atoms. The second-order valence-electron chi connectivity index (χ2n) is 28.7. The lowest BCUT2D eigenvalue weighted by atomic mass is 9.93. The predicted molar refractivity (Wildman–Crippen MR) is 475 cm³/mol. The van der Waals surface area contributed by atoms with Crippen molar-refractivity contribution in [3.05, 3.63) is 388 Å². The third-order valence-corrected chi connectivity index (χ3v) is 25.6. The van der Waals surface area contributed by atoms with Crippen LogP contribution < -0.4 is 9.80 Å². The molecule has 6 heteroatoms. The molecule has 0 amide bonds. The summed E-state index contributed by atoms with van der Waals surface area (Å²) in [5, 5.41) is 14.8. The van der Waals surface area contributed by atoms with Crippen LogP contribution in [0.25, 0.3) is 182 Å². The van der Waals surface area contributed by atoms with Crippen LogP contribution in [0.1, 0.15) is 0 Å². The fourth-order valence-electron chi connectivity index (χ4n) is 16.8. The van der Waals surface area contributed by atoms with Gasteiger partial charge in [-0.25, -0.2) is 0 Å². The summed E-state index contributed by atoms with van der Waals surface area (Å²) >= 11 is 5.58. The number of furan rings is 1. The first-order valence-corrected chi connectivity index (χ1v) is 39.8. The molecular formula is C104H64N2OS3. The lowest BCUT2D eigenvalue weighted by Gasteiger charge is -2.27. The van der Waals surface area contributed by atoms with Gasteiger partial charge in [0.1, 0.15) is 11.2 Å². The van der Waals surface area contributed by atoms with Crippen molar-refractivity contribution in [3.8, 4) is 77.9 Å². The molecule has 0 spiro atoms. The Kier molecular flexibility index (Phi) is 15.2. The number of rotatable bonds is 13. The molecule has 0 N–H and O–H groups in total. The second kappa shape index (κ2) is 26.2. The monoisotopic (exact) mass is 1450 g/mol. The maximum absolute atomic E-state index is 7.01. The number of nitrogens with zero attached hydrogens (tertiary/aromatic N) is 2. The Hall–Kier alpha value is -13.5. The van der Waals surface area contributed by atoms with E-state index < -0.39 is 0 Å². The number of para-hydroxylation sites is 1. The molecule has 514 valence electrons. The molecule has 18 aromatic carbocycles. The van der Waals surface area contributed by atoms with E-state index in [1.807, 2.05) is 34.0 Å². The Bertz CT molecular complexity index is 7440. The summed E-state index contributed by atoms with van der Waals surface area (Å²) < 4.78 is 14.8. The van der Waals surface area contributed by atoms with Gasteiger partial charge >= 0.3 is 0 Å². The van der Waals surface area contributed by atoms with Gasteiger partial charge in [-0.2, -0.15) is 0 Å². The Morgan fingerprint density at radius 3 is 0.991 bits per heavy atom. The van der Waals surface area contributed by atoms with Gasteiger partial charge in [0.15, 0.2) is 0 Å². The molecule has 22 aromatic rings.